The second-order valence-corrected chi connectivity index (χ2v) is 9.00. The van der Waals surface area contributed by atoms with E-state index in [9.17, 15) is 4.79 Å². The molecule has 1 unspecified atom stereocenters. The fourth-order valence-electron chi connectivity index (χ4n) is 5.26. The number of hydrogen-bond acceptors (Lipinski definition) is 4. The van der Waals surface area contributed by atoms with Crippen molar-refractivity contribution in [1.82, 2.24) is 20.2 Å². The Balaban J connectivity index is 1.29. The van der Waals surface area contributed by atoms with Crippen LogP contribution in [0.1, 0.15) is 49.5 Å². The van der Waals surface area contributed by atoms with E-state index in [4.69, 9.17) is 4.98 Å². The predicted molar refractivity (Wildman–Crippen MR) is 113 cm³/mol. The first-order valence-electron chi connectivity index (χ1n) is 11.1. The average molecular weight is 391 g/mol. The minimum atomic E-state index is 0.273. The second kappa shape index (κ2) is 7.86. The number of rotatable bonds is 5. The van der Waals surface area contributed by atoms with Crippen LogP contribution in [0.3, 0.4) is 0 Å². The first kappa shape index (κ1) is 18.7. The van der Waals surface area contributed by atoms with Crippen molar-refractivity contribution >= 4 is 5.91 Å². The third-order valence-electron chi connectivity index (χ3n) is 7.17. The zero-order valence-electron chi connectivity index (χ0n) is 17.2. The van der Waals surface area contributed by atoms with Crippen LogP contribution in [0, 0.1) is 18.8 Å². The Labute approximate surface area is 172 Å². The van der Waals surface area contributed by atoms with Crippen molar-refractivity contribution in [3.8, 4) is 11.3 Å². The van der Waals surface area contributed by atoms with Gasteiger partial charge in [0.25, 0.3) is 0 Å². The number of carbonyl (C=O) groups excluding carboxylic acids is 1. The maximum absolute atomic E-state index is 12.2. The van der Waals surface area contributed by atoms with E-state index >= 15 is 0 Å². The predicted octanol–water partition coefficient (Wildman–Crippen LogP) is 3.55. The summed E-state index contributed by atoms with van der Waals surface area (Å²) in [5.41, 5.74) is 3.36. The molecule has 0 spiro atoms. The standard InChI is InChI=1S/C24H30N4O/c1-16-26-22(17-6-3-2-4-7-17)13-23(27-16)21-15-28-11-10-19(21)12-20(28)14-25-24(29)18-8-5-9-18/h2-4,6-7,13,18-21H,5,8-12,14-15H2,1H3,(H,25,29)/t19-,20+,21-/m0/s1. The van der Waals surface area contributed by atoms with Gasteiger partial charge in [-0.2, -0.15) is 0 Å². The van der Waals surface area contributed by atoms with Gasteiger partial charge in [0, 0.05) is 42.2 Å². The van der Waals surface area contributed by atoms with Gasteiger partial charge in [0.15, 0.2) is 0 Å². The van der Waals surface area contributed by atoms with Crippen LogP contribution in [0.25, 0.3) is 11.3 Å². The number of fused-ring (bicyclic) bond motifs is 3. The molecule has 4 aliphatic rings. The Bertz CT molecular complexity index is 880. The molecule has 5 heteroatoms. The van der Waals surface area contributed by atoms with E-state index in [-0.39, 0.29) is 11.8 Å². The molecule has 3 aliphatic heterocycles. The summed E-state index contributed by atoms with van der Waals surface area (Å²) in [6.07, 6.45) is 5.73. The SMILES string of the molecule is Cc1nc(-c2ccccc2)cc([C@H]2CN3CC[C@H]2C[C@@H]3CNC(=O)C2CCC2)n1. The molecule has 3 saturated heterocycles. The molecule has 152 valence electrons. The number of piperidine rings is 3. The molecular formula is C24H30N4O. The number of nitrogens with one attached hydrogen (secondary N) is 1. The summed E-state index contributed by atoms with van der Waals surface area (Å²) < 4.78 is 0. The fourth-order valence-corrected chi connectivity index (χ4v) is 5.26. The lowest BCUT2D eigenvalue weighted by Crippen LogP contribution is -2.56. The minimum Gasteiger partial charge on any atom is -0.354 e. The summed E-state index contributed by atoms with van der Waals surface area (Å²) in [5.74, 6) is 2.51. The van der Waals surface area contributed by atoms with Crippen molar-refractivity contribution in [2.45, 2.75) is 51.0 Å². The van der Waals surface area contributed by atoms with Gasteiger partial charge >= 0.3 is 0 Å². The summed E-state index contributed by atoms with van der Waals surface area (Å²) in [4.78, 5) is 24.3. The minimum absolute atomic E-state index is 0.273. The maximum Gasteiger partial charge on any atom is 0.223 e. The largest absolute Gasteiger partial charge is 0.354 e. The molecule has 1 amide bonds. The summed E-state index contributed by atoms with van der Waals surface area (Å²) in [6.45, 7) is 4.98. The van der Waals surface area contributed by atoms with Crippen LogP contribution < -0.4 is 5.32 Å². The van der Waals surface area contributed by atoms with Gasteiger partial charge in [0.05, 0.1) is 5.69 Å². The molecule has 1 aliphatic carbocycles. The topological polar surface area (TPSA) is 58.1 Å². The Morgan fingerprint density at radius 2 is 2.00 bits per heavy atom. The molecule has 1 aromatic heterocycles. The van der Waals surface area contributed by atoms with Crippen molar-refractivity contribution in [1.29, 1.82) is 0 Å². The Morgan fingerprint density at radius 1 is 1.17 bits per heavy atom. The van der Waals surface area contributed by atoms with Crippen LogP contribution in [0.15, 0.2) is 36.4 Å². The van der Waals surface area contributed by atoms with Gasteiger partial charge in [0.2, 0.25) is 5.91 Å². The molecule has 4 atom stereocenters. The van der Waals surface area contributed by atoms with Gasteiger partial charge in [-0.15, -0.1) is 0 Å². The molecule has 5 nitrogen and oxygen atoms in total. The number of carbonyl (C=O) groups is 1. The molecule has 2 aromatic rings. The number of nitrogens with zero attached hydrogens (tertiary/aromatic N) is 3. The van der Waals surface area contributed by atoms with Crippen LogP contribution >= 0.6 is 0 Å². The summed E-state index contributed by atoms with van der Waals surface area (Å²) in [5, 5.41) is 3.23. The molecule has 29 heavy (non-hydrogen) atoms. The highest BCUT2D eigenvalue weighted by atomic mass is 16.1. The highest BCUT2D eigenvalue weighted by Crippen LogP contribution is 2.41. The zero-order chi connectivity index (χ0) is 19.8. The highest BCUT2D eigenvalue weighted by Gasteiger charge is 2.41. The fraction of sp³-hybridized carbons (Fsp3) is 0.542. The quantitative estimate of drug-likeness (QED) is 0.848. The molecule has 0 radical (unpaired) electrons. The molecular weight excluding hydrogens is 360 g/mol. The van der Waals surface area contributed by atoms with Crippen LogP contribution in [0.2, 0.25) is 0 Å². The van der Waals surface area contributed by atoms with E-state index in [1.807, 2.05) is 13.0 Å². The molecule has 1 saturated carbocycles. The van der Waals surface area contributed by atoms with Crippen molar-refractivity contribution in [2.75, 3.05) is 19.6 Å². The lowest BCUT2D eigenvalue weighted by molar-refractivity contribution is -0.127. The van der Waals surface area contributed by atoms with Crippen molar-refractivity contribution in [3.63, 3.8) is 0 Å². The normalized spacial score (nSPS) is 28.7. The van der Waals surface area contributed by atoms with Gasteiger partial charge in [-0.1, -0.05) is 36.8 Å². The Hall–Kier alpha value is -2.27. The highest BCUT2D eigenvalue weighted by molar-refractivity contribution is 5.79. The molecule has 6 rings (SSSR count). The first-order valence-corrected chi connectivity index (χ1v) is 11.1. The number of hydrogen-bond donors (Lipinski definition) is 1. The van der Waals surface area contributed by atoms with Gasteiger partial charge in [-0.3, -0.25) is 9.69 Å². The van der Waals surface area contributed by atoms with E-state index in [1.54, 1.807) is 0 Å². The van der Waals surface area contributed by atoms with Crippen molar-refractivity contribution in [2.24, 2.45) is 11.8 Å². The lowest BCUT2D eigenvalue weighted by Gasteiger charge is -2.50. The molecule has 1 aromatic carbocycles. The maximum atomic E-state index is 12.2. The second-order valence-electron chi connectivity index (χ2n) is 9.00. The van der Waals surface area contributed by atoms with Crippen molar-refractivity contribution in [3.05, 3.63) is 47.9 Å². The van der Waals surface area contributed by atoms with E-state index < -0.39 is 0 Å². The number of aryl methyl sites for hydroxylation is 1. The lowest BCUT2D eigenvalue weighted by atomic mass is 9.74. The van der Waals surface area contributed by atoms with Crippen LogP contribution in [0.5, 0.6) is 0 Å². The summed E-state index contributed by atoms with van der Waals surface area (Å²) >= 11 is 0. The van der Waals surface area contributed by atoms with E-state index in [1.165, 1.54) is 18.5 Å². The van der Waals surface area contributed by atoms with E-state index in [2.05, 4.69) is 45.5 Å². The van der Waals surface area contributed by atoms with Crippen LogP contribution in [-0.2, 0) is 4.79 Å². The van der Waals surface area contributed by atoms with Gasteiger partial charge < -0.3 is 5.32 Å². The van der Waals surface area contributed by atoms with Gasteiger partial charge in [0.1, 0.15) is 5.82 Å². The molecule has 1 N–H and O–H groups in total. The Kier molecular flexibility index (Phi) is 5.08. The Morgan fingerprint density at radius 3 is 2.69 bits per heavy atom. The molecule has 4 heterocycles. The summed E-state index contributed by atoms with van der Waals surface area (Å²) in [6, 6.07) is 13.1. The first-order chi connectivity index (χ1) is 14.2. The third-order valence-corrected chi connectivity index (χ3v) is 7.17. The van der Waals surface area contributed by atoms with Crippen molar-refractivity contribution < 1.29 is 4.79 Å². The average Bonchev–Trinajstić information content (AvgIpc) is 2.71. The summed E-state index contributed by atoms with van der Waals surface area (Å²) in [7, 11) is 0. The third kappa shape index (κ3) is 3.80. The number of amides is 1. The number of benzene rings is 1. The van der Waals surface area contributed by atoms with E-state index in [0.717, 1.165) is 56.0 Å². The van der Waals surface area contributed by atoms with Gasteiger partial charge in [-0.05, 0) is 51.1 Å². The van der Waals surface area contributed by atoms with Crippen LogP contribution in [-0.4, -0.2) is 46.5 Å². The molecule has 2 bridgehead atoms. The van der Waals surface area contributed by atoms with Gasteiger partial charge in [-0.25, -0.2) is 9.97 Å². The monoisotopic (exact) mass is 390 g/mol. The number of aromatic nitrogens is 2. The molecule has 4 fully saturated rings. The zero-order valence-corrected chi connectivity index (χ0v) is 17.2. The van der Waals surface area contributed by atoms with Crippen LogP contribution in [0.4, 0.5) is 0 Å². The van der Waals surface area contributed by atoms with E-state index in [0.29, 0.717) is 17.9 Å². The smallest absolute Gasteiger partial charge is 0.223 e.